The topological polar surface area (TPSA) is 52.1 Å². The lowest BCUT2D eigenvalue weighted by Gasteiger charge is -1.99. The van der Waals surface area contributed by atoms with Crippen LogP contribution in [0.2, 0.25) is 0 Å². The Balaban J connectivity index is 2.31. The summed E-state index contributed by atoms with van der Waals surface area (Å²) >= 11 is 1.45. The van der Waals surface area contributed by atoms with E-state index in [1.807, 2.05) is 6.92 Å². The maximum Gasteiger partial charge on any atom is 0.306 e. The van der Waals surface area contributed by atoms with Crippen molar-refractivity contribution < 1.29 is 9.53 Å². The van der Waals surface area contributed by atoms with Crippen LogP contribution in [0.5, 0.6) is 0 Å². The van der Waals surface area contributed by atoms with E-state index in [0.29, 0.717) is 17.3 Å². The van der Waals surface area contributed by atoms with Gasteiger partial charge in [-0.3, -0.25) is 4.79 Å². The van der Waals surface area contributed by atoms with Gasteiger partial charge in [0.1, 0.15) is 0 Å². The Hall–Kier alpha value is -1.10. The molecule has 5 heteroatoms. The Kier molecular flexibility index (Phi) is 4.39. The first-order valence-corrected chi connectivity index (χ1v) is 5.19. The largest absolute Gasteiger partial charge is 0.469 e. The number of carbonyl (C=O) groups excluding carboxylic acids is 1. The highest BCUT2D eigenvalue weighted by Gasteiger charge is 2.02. The maximum absolute atomic E-state index is 10.8. The summed E-state index contributed by atoms with van der Waals surface area (Å²) in [6.07, 6.45) is 3.90. The SMILES string of the molecule is COC(=O)CCSc1ncc(C)cn1. The number of hydrogen-bond acceptors (Lipinski definition) is 5. The van der Waals surface area contributed by atoms with E-state index in [1.165, 1.54) is 18.9 Å². The molecule has 76 valence electrons. The third kappa shape index (κ3) is 3.74. The minimum absolute atomic E-state index is 0.204. The number of nitrogens with zero attached hydrogens (tertiary/aromatic N) is 2. The van der Waals surface area contributed by atoms with E-state index >= 15 is 0 Å². The second kappa shape index (κ2) is 5.59. The summed E-state index contributed by atoms with van der Waals surface area (Å²) in [4.78, 5) is 19.0. The fourth-order valence-corrected chi connectivity index (χ4v) is 1.49. The van der Waals surface area contributed by atoms with E-state index in [4.69, 9.17) is 0 Å². The molecule has 4 nitrogen and oxygen atoms in total. The number of rotatable bonds is 4. The molecule has 1 aromatic heterocycles. The van der Waals surface area contributed by atoms with Gasteiger partial charge >= 0.3 is 5.97 Å². The number of aryl methyl sites for hydroxylation is 1. The molecular weight excluding hydrogens is 200 g/mol. The lowest BCUT2D eigenvalue weighted by Crippen LogP contribution is -2.01. The van der Waals surface area contributed by atoms with Gasteiger partial charge in [-0.2, -0.15) is 0 Å². The monoisotopic (exact) mass is 212 g/mol. The van der Waals surface area contributed by atoms with Gasteiger partial charge in [0.15, 0.2) is 5.16 Å². The summed E-state index contributed by atoms with van der Waals surface area (Å²) in [7, 11) is 1.38. The van der Waals surface area contributed by atoms with Gasteiger partial charge in [0, 0.05) is 18.1 Å². The average Bonchev–Trinajstić information content (AvgIpc) is 2.21. The van der Waals surface area contributed by atoms with Crippen LogP contribution in [0, 0.1) is 6.92 Å². The molecule has 0 aromatic carbocycles. The molecule has 0 radical (unpaired) electrons. The van der Waals surface area contributed by atoms with Crippen molar-refractivity contribution >= 4 is 17.7 Å². The van der Waals surface area contributed by atoms with Crippen molar-refractivity contribution in [3.05, 3.63) is 18.0 Å². The van der Waals surface area contributed by atoms with Crippen LogP contribution in [0.3, 0.4) is 0 Å². The Morgan fingerprint density at radius 3 is 2.71 bits per heavy atom. The molecule has 0 saturated carbocycles. The van der Waals surface area contributed by atoms with E-state index in [1.54, 1.807) is 12.4 Å². The van der Waals surface area contributed by atoms with Crippen LogP contribution in [0.1, 0.15) is 12.0 Å². The molecule has 1 heterocycles. The molecule has 0 aliphatic carbocycles. The predicted molar refractivity (Wildman–Crippen MR) is 54.1 cm³/mol. The molecule has 0 atom stereocenters. The number of carbonyl (C=O) groups is 1. The van der Waals surface area contributed by atoms with Crippen molar-refractivity contribution in [2.24, 2.45) is 0 Å². The zero-order valence-corrected chi connectivity index (χ0v) is 9.00. The quantitative estimate of drug-likeness (QED) is 0.429. The smallest absolute Gasteiger partial charge is 0.306 e. The third-order valence-electron chi connectivity index (χ3n) is 1.52. The third-order valence-corrected chi connectivity index (χ3v) is 2.40. The fraction of sp³-hybridized carbons (Fsp3) is 0.444. The maximum atomic E-state index is 10.8. The minimum atomic E-state index is -0.204. The Morgan fingerprint density at radius 2 is 2.14 bits per heavy atom. The zero-order chi connectivity index (χ0) is 10.4. The van der Waals surface area contributed by atoms with Crippen molar-refractivity contribution in [1.82, 2.24) is 9.97 Å². The Bertz CT molecular complexity index is 300. The van der Waals surface area contributed by atoms with E-state index in [9.17, 15) is 4.79 Å². The number of thioether (sulfide) groups is 1. The summed E-state index contributed by atoms with van der Waals surface area (Å²) < 4.78 is 4.51. The van der Waals surface area contributed by atoms with Gasteiger partial charge in [0.2, 0.25) is 0 Å². The van der Waals surface area contributed by atoms with Crippen LogP contribution in [0.4, 0.5) is 0 Å². The molecule has 0 bridgehead atoms. The first kappa shape index (κ1) is 11.0. The highest BCUT2D eigenvalue weighted by atomic mass is 32.2. The Morgan fingerprint density at radius 1 is 1.50 bits per heavy atom. The van der Waals surface area contributed by atoms with Crippen molar-refractivity contribution in [2.45, 2.75) is 18.5 Å². The van der Waals surface area contributed by atoms with Gasteiger partial charge in [-0.25, -0.2) is 9.97 Å². The number of ether oxygens (including phenoxy) is 1. The standard InChI is InChI=1S/C9H12N2O2S/c1-7-5-10-9(11-6-7)14-4-3-8(12)13-2/h5-6H,3-4H2,1-2H3. The van der Waals surface area contributed by atoms with E-state index < -0.39 is 0 Å². The van der Waals surface area contributed by atoms with E-state index in [-0.39, 0.29) is 5.97 Å². The summed E-state index contributed by atoms with van der Waals surface area (Å²) in [6, 6.07) is 0. The van der Waals surface area contributed by atoms with Crippen molar-refractivity contribution in [3.63, 3.8) is 0 Å². The molecule has 1 aromatic rings. The van der Waals surface area contributed by atoms with Gasteiger partial charge in [0.05, 0.1) is 13.5 Å². The predicted octanol–water partition coefficient (Wildman–Crippen LogP) is 1.44. The van der Waals surface area contributed by atoms with Crippen LogP contribution in [0.15, 0.2) is 17.6 Å². The normalized spacial score (nSPS) is 9.86. The second-order valence-electron chi connectivity index (χ2n) is 2.72. The van der Waals surface area contributed by atoms with E-state index in [0.717, 1.165) is 5.56 Å². The molecule has 14 heavy (non-hydrogen) atoms. The number of methoxy groups -OCH3 is 1. The Labute approximate surface area is 87.1 Å². The van der Waals surface area contributed by atoms with Crippen LogP contribution < -0.4 is 0 Å². The highest BCUT2D eigenvalue weighted by molar-refractivity contribution is 7.99. The van der Waals surface area contributed by atoms with Crippen LogP contribution >= 0.6 is 11.8 Å². The second-order valence-corrected chi connectivity index (χ2v) is 3.78. The molecule has 1 rings (SSSR count). The molecule has 0 saturated heterocycles. The fourth-order valence-electron chi connectivity index (χ4n) is 0.783. The molecule has 0 N–H and O–H groups in total. The van der Waals surface area contributed by atoms with Crippen molar-refractivity contribution in [3.8, 4) is 0 Å². The first-order valence-electron chi connectivity index (χ1n) is 4.20. The van der Waals surface area contributed by atoms with Gasteiger partial charge in [-0.15, -0.1) is 0 Å². The van der Waals surface area contributed by atoms with Gasteiger partial charge in [-0.05, 0) is 12.5 Å². The van der Waals surface area contributed by atoms with Crippen LogP contribution in [0.25, 0.3) is 0 Å². The number of aromatic nitrogens is 2. The van der Waals surface area contributed by atoms with Crippen LogP contribution in [-0.4, -0.2) is 28.8 Å². The first-order chi connectivity index (χ1) is 6.72. The lowest BCUT2D eigenvalue weighted by molar-refractivity contribution is -0.140. The van der Waals surface area contributed by atoms with Gasteiger partial charge in [-0.1, -0.05) is 11.8 Å². The van der Waals surface area contributed by atoms with Gasteiger partial charge < -0.3 is 4.74 Å². The van der Waals surface area contributed by atoms with E-state index in [2.05, 4.69) is 14.7 Å². The number of hydrogen-bond donors (Lipinski definition) is 0. The van der Waals surface area contributed by atoms with Crippen LogP contribution in [-0.2, 0) is 9.53 Å². The lowest BCUT2D eigenvalue weighted by atomic mass is 10.4. The summed E-state index contributed by atoms with van der Waals surface area (Å²) in [6.45, 7) is 1.93. The number of esters is 1. The van der Waals surface area contributed by atoms with Crippen molar-refractivity contribution in [2.75, 3.05) is 12.9 Å². The molecule has 0 aliphatic heterocycles. The molecule has 0 spiro atoms. The molecule has 0 unspecified atom stereocenters. The zero-order valence-electron chi connectivity index (χ0n) is 8.19. The molecular formula is C9H12N2O2S. The highest BCUT2D eigenvalue weighted by Crippen LogP contribution is 2.12. The molecule has 0 fully saturated rings. The summed E-state index contributed by atoms with van der Waals surface area (Å²) in [5, 5.41) is 0.694. The molecule has 0 amide bonds. The molecule has 0 aliphatic rings. The summed E-state index contributed by atoms with van der Waals surface area (Å²) in [5.74, 6) is 0.444. The van der Waals surface area contributed by atoms with Gasteiger partial charge in [0.25, 0.3) is 0 Å². The minimum Gasteiger partial charge on any atom is -0.469 e. The summed E-state index contributed by atoms with van der Waals surface area (Å²) in [5.41, 5.74) is 1.03. The van der Waals surface area contributed by atoms with Crippen molar-refractivity contribution in [1.29, 1.82) is 0 Å². The average molecular weight is 212 g/mol.